The summed E-state index contributed by atoms with van der Waals surface area (Å²) in [6.07, 6.45) is 2.20. The van der Waals surface area contributed by atoms with Crippen LogP contribution in [0.2, 0.25) is 0 Å². The minimum atomic E-state index is -3.53. The summed E-state index contributed by atoms with van der Waals surface area (Å²) in [5.74, 6) is -0.472. The smallest absolute Gasteiger partial charge is 0.330 e. The largest absolute Gasteiger partial charge is 0.463 e. The Morgan fingerprint density at radius 1 is 1.43 bits per heavy atom. The van der Waals surface area contributed by atoms with E-state index in [1.807, 2.05) is 0 Å². The Morgan fingerprint density at radius 3 is 2.50 bits per heavy atom. The topological polar surface area (TPSA) is 76.0 Å². The fraction of sp³-hybridized carbons (Fsp3) is 0.571. The van der Waals surface area contributed by atoms with Crippen LogP contribution >= 0.6 is 6.72 Å². The Hall–Kier alpha value is -0.260. The summed E-state index contributed by atoms with van der Waals surface area (Å²) in [6.45, 7) is 0.110. The van der Waals surface area contributed by atoms with Crippen LogP contribution in [-0.4, -0.2) is 29.0 Å². The van der Waals surface area contributed by atoms with Crippen LogP contribution in [-0.2, 0) is 25.9 Å². The molecule has 0 radical (unpaired) electrons. The molecule has 0 saturated carbocycles. The van der Waals surface area contributed by atoms with Crippen LogP contribution in [0.15, 0.2) is 12.7 Å². The van der Waals surface area contributed by atoms with Gasteiger partial charge in [-0.05, 0) is 24.6 Å². The monoisotopic (exact) mass is 240 g/mol. The van der Waals surface area contributed by atoms with Crippen LogP contribution in [0.1, 0.15) is 12.8 Å². The van der Waals surface area contributed by atoms with Crippen LogP contribution in [0.3, 0.4) is 0 Å². The number of carbonyl (C=O) groups excluding carboxylic acids is 1. The Morgan fingerprint density at radius 2 is 2.00 bits per heavy atom. The van der Waals surface area contributed by atoms with Gasteiger partial charge in [0.15, 0.2) is 0 Å². The summed E-state index contributed by atoms with van der Waals surface area (Å²) in [4.78, 5) is 27.9. The first-order valence-electron chi connectivity index (χ1n) is 3.95. The molecule has 0 aromatic heterocycles. The van der Waals surface area contributed by atoms with E-state index in [1.54, 1.807) is 0 Å². The highest BCUT2D eigenvalue weighted by Gasteiger charge is 2.06. The molecule has 14 heavy (non-hydrogen) atoms. The van der Waals surface area contributed by atoms with Gasteiger partial charge in [0.1, 0.15) is 0 Å². The Balaban J connectivity index is 3.27. The SMILES string of the molecule is C=CC(=O)OCCCCOP(O)(O)=S. The zero-order chi connectivity index (χ0) is 11.0. The van der Waals surface area contributed by atoms with Crippen molar-refractivity contribution in [3.8, 4) is 0 Å². The van der Waals surface area contributed by atoms with E-state index in [2.05, 4.69) is 27.6 Å². The molecule has 0 aliphatic rings. The number of ether oxygens (including phenoxy) is 1. The lowest BCUT2D eigenvalue weighted by molar-refractivity contribution is -0.137. The van der Waals surface area contributed by atoms with Crippen molar-refractivity contribution in [2.24, 2.45) is 0 Å². The maximum Gasteiger partial charge on any atom is 0.330 e. The van der Waals surface area contributed by atoms with E-state index in [-0.39, 0.29) is 13.2 Å². The fourth-order valence-corrected chi connectivity index (χ4v) is 1.21. The molecule has 0 spiro atoms. The van der Waals surface area contributed by atoms with Crippen molar-refractivity contribution >= 4 is 24.5 Å². The summed E-state index contributed by atoms with van der Waals surface area (Å²) >= 11 is 4.22. The second-order valence-electron chi connectivity index (χ2n) is 2.40. The summed E-state index contributed by atoms with van der Waals surface area (Å²) in [7, 11) is 0. The molecule has 2 N–H and O–H groups in total. The second-order valence-corrected chi connectivity index (χ2v) is 5.07. The molecule has 0 rings (SSSR count). The third-order valence-corrected chi connectivity index (χ3v) is 2.04. The minimum Gasteiger partial charge on any atom is -0.463 e. The number of rotatable bonds is 7. The molecule has 0 unspecified atom stereocenters. The second kappa shape index (κ2) is 7.09. The molecule has 7 heteroatoms. The predicted octanol–water partition coefficient (Wildman–Crippen LogP) is 0.721. The number of hydrogen-bond acceptors (Lipinski definition) is 4. The summed E-state index contributed by atoms with van der Waals surface area (Å²) < 4.78 is 9.21. The normalized spacial score (nSPS) is 11.0. The van der Waals surface area contributed by atoms with Crippen molar-refractivity contribution < 1.29 is 23.8 Å². The van der Waals surface area contributed by atoms with E-state index in [0.717, 1.165) is 6.08 Å². The van der Waals surface area contributed by atoms with E-state index < -0.39 is 12.7 Å². The zero-order valence-electron chi connectivity index (χ0n) is 7.59. The van der Waals surface area contributed by atoms with Crippen LogP contribution in [0.4, 0.5) is 0 Å². The predicted molar refractivity (Wildman–Crippen MR) is 55.1 cm³/mol. The average molecular weight is 240 g/mol. The van der Waals surface area contributed by atoms with E-state index >= 15 is 0 Å². The lowest BCUT2D eigenvalue weighted by Crippen LogP contribution is -2.03. The molecule has 0 fully saturated rings. The van der Waals surface area contributed by atoms with Crippen molar-refractivity contribution in [2.75, 3.05) is 13.2 Å². The van der Waals surface area contributed by atoms with Gasteiger partial charge < -0.3 is 19.0 Å². The maximum absolute atomic E-state index is 10.5. The van der Waals surface area contributed by atoms with Gasteiger partial charge in [0.05, 0.1) is 13.2 Å². The number of unbranched alkanes of at least 4 members (excludes halogenated alkanes) is 1. The standard InChI is InChI=1S/C7H13O5PS/c1-2-7(8)11-5-3-4-6-12-13(9,10)14/h2H,1,3-6H2,(H2,9,10,14). The van der Waals surface area contributed by atoms with Crippen molar-refractivity contribution in [2.45, 2.75) is 12.8 Å². The third-order valence-electron chi connectivity index (χ3n) is 1.21. The lowest BCUT2D eigenvalue weighted by atomic mass is 10.3. The number of carbonyl (C=O) groups is 1. The highest BCUT2D eigenvalue weighted by atomic mass is 32.5. The van der Waals surface area contributed by atoms with E-state index in [1.165, 1.54) is 0 Å². The molecule has 0 bridgehead atoms. The first kappa shape index (κ1) is 13.7. The average Bonchev–Trinajstić information content (AvgIpc) is 2.08. The van der Waals surface area contributed by atoms with Crippen LogP contribution in [0.25, 0.3) is 0 Å². The Bertz CT molecular complexity index is 236. The minimum absolute atomic E-state index is 0.149. The molecule has 0 amide bonds. The Labute approximate surface area is 87.6 Å². The molecule has 0 aliphatic heterocycles. The molecular weight excluding hydrogens is 227 g/mol. The quantitative estimate of drug-likeness (QED) is 0.295. The maximum atomic E-state index is 10.5. The van der Waals surface area contributed by atoms with Gasteiger partial charge in [-0.15, -0.1) is 0 Å². The zero-order valence-corrected chi connectivity index (χ0v) is 9.30. The Kier molecular flexibility index (Phi) is 6.96. The molecule has 0 atom stereocenters. The summed E-state index contributed by atoms with van der Waals surface area (Å²) in [5.41, 5.74) is 0. The molecule has 0 saturated heterocycles. The molecule has 5 nitrogen and oxygen atoms in total. The van der Waals surface area contributed by atoms with Gasteiger partial charge in [0.25, 0.3) is 0 Å². The van der Waals surface area contributed by atoms with Crippen molar-refractivity contribution in [1.29, 1.82) is 0 Å². The van der Waals surface area contributed by atoms with E-state index in [4.69, 9.17) is 9.79 Å². The first-order chi connectivity index (χ1) is 6.45. The first-order valence-corrected chi connectivity index (χ1v) is 6.57. The van der Waals surface area contributed by atoms with E-state index in [9.17, 15) is 4.79 Å². The third kappa shape index (κ3) is 9.83. The van der Waals surface area contributed by atoms with Gasteiger partial charge in [-0.3, -0.25) is 0 Å². The highest BCUT2D eigenvalue weighted by molar-refractivity contribution is 8.06. The van der Waals surface area contributed by atoms with Gasteiger partial charge in [0, 0.05) is 6.08 Å². The van der Waals surface area contributed by atoms with Gasteiger partial charge in [-0.1, -0.05) is 6.58 Å². The molecule has 0 heterocycles. The van der Waals surface area contributed by atoms with Crippen molar-refractivity contribution in [1.82, 2.24) is 0 Å². The van der Waals surface area contributed by atoms with Gasteiger partial charge in [0.2, 0.25) is 0 Å². The van der Waals surface area contributed by atoms with E-state index in [0.29, 0.717) is 12.8 Å². The van der Waals surface area contributed by atoms with Crippen LogP contribution < -0.4 is 0 Å². The van der Waals surface area contributed by atoms with Gasteiger partial charge in [-0.2, -0.15) is 0 Å². The van der Waals surface area contributed by atoms with Gasteiger partial charge >= 0.3 is 12.7 Å². The lowest BCUT2D eigenvalue weighted by Gasteiger charge is -2.07. The fourth-order valence-electron chi connectivity index (χ4n) is 0.619. The molecule has 0 aromatic rings. The number of hydrogen-bond donors (Lipinski definition) is 2. The molecular formula is C7H13O5PS. The summed E-state index contributed by atoms with van der Waals surface area (Å²) in [5, 5.41) is 0. The van der Waals surface area contributed by atoms with Crippen molar-refractivity contribution in [3.63, 3.8) is 0 Å². The molecule has 0 aromatic carbocycles. The van der Waals surface area contributed by atoms with Crippen LogP contribution in [0.5, 0.6) is 0 Å². The molecule has 82 valence electrons. The van der Waals surface area contributed by atoms with Crippen molar-refractivity contribution in [3.05, 3.63) is 12.7 Å². The number of esters is 1. The van der Waals surface area contributed by atoms with Gasteiger partial charge in [-0.25, -0.2) is 4.79 Å². The highest BCUT2D eigenvalue weighted by Crippen LogP contribution is 2.36. The molecule has 0 aliphatic carbocycles. The van der Waals surface area contributed by atoms with Crippen LogP contribution in [0, 0.1) is 0 Å². The summed E-state index contributed by atoms with van der Waals surface area (Å²) in [6, 6.07) is 0.